The quantitative estimate of drug-likeness (QED) is 0.161. The van der Waals surface area contributed by atoms with Crippen LogP contribution in [0.5, 0.6) is 0 Å². The molecule has 1 heterocycles. The van der Waals surface area contributed by atoms with Crippen LogP contribution < -0.4 is 5.01 Å². The largest absolute Gasteiger partial charge is 0.451 e. The van der Waals surface area contributed by atoms with E-state index in [1.807, 2.05) is 0 Å². The van der Waals surface area contributed by atoms with Crippen molar-refractivity contribution in [3.05, 3.63) is 99.9 Å². The van der Waals surface area contributed by atoms with Gasteiger partial charge in [0.2, 0.25) is 0 Å². The maximum atomic E-state index is 13.2. The van der Waals surface area contributed by atoms with Gasteiger partial charge in [0.25, 0.3) is 5.91 Å². The highest BCUT2D eigenvalue weighted by Crippen LogP contribution is 2.35. The summed E-state index contributed by atoms with van der Waals surface area (Å²) >= 11 is 7.40. The average molecular weight is 517 g/mol. The number of hydrogen-bond donors (Lipinski definition) is 0. The number of rotatable bonds is 6. The van der Waals surface area contributed by atoms with Gasteiger partial charge in [0.15, 0.2) is 6.61 Å². The molecular weight excluding hydrogens is 501 g/mol. The summed E-state index contributed by atoms with van der Waals surface area (Å²) in [5.74, 6) is -1.66. The minimum atomic E-state index is -4.61. The first kappa shape index (κ1) is 24.4. The number of esters is 1. The van der Waals surface area contributed by atoms with Crippen LogP contribution >= 0.6 is 22.9 Å². The van der Waals surface area contributed by atoms with Gasteiger partial charge in [0, 0.05) is 10.1 Å². The van der Waals surface area contributed by atoms with Crippen molar-refractivity contribution < 1.29 is 27.5 Å². The number of benzene rings is 3. The molecule has 0 N–H and O–H groups in total. The Hall–Kier alpha value is -3.69. The highest BCUT2D eigenvalue weighted by atomic mass is 35.5. The highest BCUT2D eigenvalue weighted by molar-refractivity contribution is 7.21. The second-order valence-corrected chi connectivity index (χ2v) is 8.66. The average Bonchev–Trinajstić information content (AvgIpc) is 3.19. The van der Waals surface area contributed by atoms with Crippen molar-refractivity contribution >= 4 is 56.8 Å². The lowest BCUT2D eigenvalue weighted by Gasteiger charge is -2.18. The maximum Gasteiger partial charge on any atom is 0.416 e. The zero-order valence-electron chi connectivity index (χ0n) is 17.8. The van der Waals surface area contributed by atoms with Crippen LogP contribution in [0.4, 0.5) is 18.9 Å². The van der Waals surface area contributed by atoms with E-state index >= 15 is 0 Å². The fraction of sp³-hybridized carbons (Fsp3) is 0.0800. The number of hydrazone groups is 1. The summed E-state index contributed by atoms with van der Waals surface area (Å²) in [6.07, 6.45) is -3.29. The van der Waals surface area contributed by atoms with Gasteiger partial charge in [-0.1, -0.05) is 66.2 Å². The third-order valence-corrected chi connectivity index (χ3v) is 6.48. The van der Waals surface area contributed by atoms with Crippen molar-refractivity contribution in [2.24, 2.45) is 5.10 Å². The number of amides is 1. The molecule has 0 spiro atoms. The van der Waals surface area contributed by atoms with Crippen molar-refractivity contribution in [1.82, 2.24) is 0 Å². The van der Waals surface area contributed by atoms with Gasteiger partial charge >= 0.3 is 12.1 Å². The third-order valence-electron chi connectivity index (χ3n) is 4.82. The molecule has 0 fully saturated rings. The molecule has 5 nitrogen and oxygen atoms in total. The molecule has 178 valence electrons. The van der Waals surface area contributed by atoms with E-state index in [1.54, 1.807) is 54.6 Å². The number of carbonyl (C=O) groups is 2. The van der Waals surface area contributed by atoms with Crippen LogP contribution in [0.25, 0.3) is 10.1 Å². The normalized spacial score (nSPS) is 11.7. The van der Waals surface area contributed by atoms with E-state index in [0.717, 1.165) is 33.2 Å². The molecule has 0 unspecified atom stereocenters. The maximum absolute atomic E-state index is 13.2. The molecule has 3 aromatic carbocycles. The lowest BCUT2D eigenvalue weighted by molar-refractivity contribution is -0.137. The predicted molar refractivity (Wildman–Crippen MR) is 130 cm³/mol. The third kappa shape index (κ3) is 5.70. The number of fused-ring (bicyclic) bond motifs is 1. The summed E-state index contributed by atoms with van der Waals surface area (Å²) in [7, 11) is 0. The van der Waals surface area contributed by atoms with E-state index in [0.29, 0.717) is 10.9 Å². The molecule has 0 aliphatic carbocycles. The van der Waals surface area contributed by atoms with Gasteiger partial charge in [0.1, 0.15) is 4.88 Å². The molecule has 35 heavy (non-hydrogen) atoms. The number of hydrogen-bond acceptors (Lipinski definition) is 5. The molecule has 4 aromatic rings. The zero-order valence-corrected chi connectivity index (χ0v) is 19.4. The lowest BCUT2D eigenvalue weighted by atomic mass is 10.2. The highest BCUT2D eigenvalue weighted by Gasteiger charge is 2.31. The number of nitrogens with zero attached hydrogens (tertiary/aromatic N) is 2. The van der Waals surface area contributed by atoms with Gasteiger partial charge in [-0.2, -0.15) is 23.3 Å². The van der Waals surface area contributed by atoms with E-state index < -0.39 is 30.2 Å². The first-order valence-corrected chi connectivity index (χ1v) is 11.4. The zero-order chi connectivity index (χ0) is 25.0. The summed E-state index contributed by atoms with van der Waals surface area (Å²) in [5.41, 5.74) is -0.462. The van der Waals surface area contributed by atoms with Gasteiger partial charge < -0.3 is 4.74 Å². The van der Waals surface area contributed by atoms with E-state index in [9.17, 15) is 22.8 Å². The molecule has 0 saturated carbocycles. The van der Waals surface area contributed by atoms with E-state index in [2.05, 4.69) is 5.10 Å². The number of alkyl halides is 3. The minimum Gasteiger partial charge on any atom is -0.451 e. The lowest BCUT2D eigenvalue weighted by Crippen LogP contribution is -2.31. The van der Waals surface area contributed by atoms with Crippen molar-refractivity contribution in [3.63, 3.8) is 0 Å². The Morgan fingerprint density at radius 3 is 2.43 bits per heavy atom. The van der Waals surface area contributed by atoms with Crippen molar-refractivity contribution in [2.45, 2.75) is 6.18 Å². The monoisotopic (exact) mass is 516 g/mol. The molecule has 0 bridgehead atoms. The number of anilines is 1. The van der Waals surface area contributed by atoms with Crippen LogP contribution in [0.1, 0.15) is 20.8 Å². The molecule has 0 atom stereocenters. The Morgan fingerprint density at radius 2 is 1.71 bits per heavy atom. The molecule has 1 amide bonds. The Bertz CT molecular complexity index is 1400. The predicted octanol–water partition coefficient (Wildman–Crippen LogP) is 6.80. The topological polar surface area (TPSA) is 59.0 Å². The Morgan fingerprint density at radius 1 is 1.00 bits per heavy atom. The second kappa shape index (κ2) is 10.3. The van der Waals surface area contributed by atoms with Gasteiger partial charge in [-0.05, 0) is 29.8 Å². The summed E-state index contributed by atoms with van der Waals surface area (Å²) in [6, 6.07) is 20.0. The second-order valence-electron chi connectivity index (χ2n) is 7.23. The van der Waals surface area contributed by atoms with Gasteiger partial charge in [0.05, 0.1) is 22.5 Å². The van der Waals surface area contributed by atoms with Crippen LogP contribution in [0, 0.1) is 0 Å². The Labute approximate surface area is 207 Å². The summed E-state index contributed by atoms with van der Waals surface area (Å²) in [5, 5.41) is 5.72. The number of ether oxygens (including phenoxy) is 1. The van der Waals surface area contributed by atoms with E-state index in [4.69, 9.17) is 16.3 Å². The molecule has 0 aliphatic heterocycles. The summed E-state index contributed by atoms with van der Waals surface area (Å²) in [6.45, 7) is -0.758. The van der Waals surface area contributed by atoms with Gasteiger partial charge in [-0.15, -0.1) is 11.3 Å². The van der Waals surface area contributed by atoms with Crippen LogP contribution in [-0.2, 0) is 15.7 Å². The molecule has 10 heteroatoms. The Kier molecular flexibility index (Phi) is 7.18. The number of carbonyl (C=O) groups excluding carboxylic acids is 2. The fourth-order valence-corrected chi connectivity index (χ4v) is 4.55. The molecular formula is C25H16ClF3N2O3S. The summed E-state index contributed by atoms with van der Waals surface area (Å²) < 4.78 is 45.6. The van der Waals surface area contributed by atoms with Gasteiger partial charge in [-0.25, -0.2) is 4.79 Å². The first-order valence-electron chi connectivity index (χ1n) is 10.2. The van der Waals surface area contributed by atoms with Crippen molar-refractivity contribution in [2.75, 3.05) is 11.6 Å². The molecule has 0 radical (unpaired) electrons. The van der Waals surface area contributed by atoms with Crippen LogP contribution in [0.2, 0.25) is 5.02 Å². The smallest absolute Gasteiger partial charge is 0.416 e. The standard InChI is InChI=1S/C25H16ClF3N2O3S/c26-22-19-11-4-5-12-20(19)35-23(22)24(33)34-15-21(32)31(30-14-16-7-2-1-3-8-16)18-10-6-9-17(13-18)25(27,28)29/h1-14H,15H2/b30-14-. The van der Waals surface area contributed by atoms with Crippen LogP contribution in [0.3, 0.4) is 0 Å². The number of halogens is 4. The molecule has 1 aromatic heterocycles. The molecule has 0 aliphatic rings. The van der Waals surface area contributed by atoms with Crippen molar-refractivity contribution in [3.8, 4) is 0 Å². The SMILES string of the molecule is O=C(OCC(=O)N(/N=C\c1ccccc1)c1cccc(C(F)(F)F)c1)c1sc2ccccc2c1Cl. The first-order chi connectivity index (χ1) is 16.7. The molecule has 4 rings (SSSR count). The Balaban J connectivity index is 1.58. The fourth-order valence-electron chi connectivity index (χ4n) is 3.15. The number of thiophene rings is 1. The van der Waals surface area contributed by atoms with Crippen LogP contribution in [0.15, 0.2) is 84.0 Å². The summed E-state index contributed by atoms with van der Waals surface area (Å²) in [4.78, 5) is 25.7. The van der Waals surface area contributed by atoms with Crippen molar-refractivity contribution in [1.29, 1.82) is 0 Å². The minimum absolute atomic E-state index is 0.124. The van der Waals surface area contributed by atoms with E-state index in [1.165, 1.54) is 18.3 Å². The van der Waals surface area contributed by atoms with Crippen LogP contribution in [-0.4, -0.2) is 24.7 Å². The van der Waals surface area contributed by atoms with E-state index in [-0.39, 0.29) is 15.6 Å². The molecule has 0 saturated heterocycles. The van der Waals surface area contributed by atoms with Gasteiger partial charge in [-0.3, -0.25) is 4.79 Å².